The standard InChI is InChI=1S/C13H16N4OS/c1-2-18-9-3-5-17(6-4-9)13-10(7-14)12(16)11(8-15)19-13/h9H,2-6,16H2,1H3. The molecule has 19 heavy (non-hydrogen) atoms. The van der Waals surface area contributed by atoms with E-state index >= 15 is 0 Å². The van der Waals surface area contributed by atoms with E-state index in [-0.39, 0.29) is 0 Å². The van der Waals surface area contributed by atoms with Crippen LogP contribution in [0.1, 0.15) is 30.2 Å². The Morgan fingerprint density at radius 3 is 2.58 bits per heavy atom. The fraction of sp³-hybridized carbons (Fsp3) is 0.538. The number of ether oxygens (including phenoxy) is 1. The lowest BCUT2D eigenvalue weighted by atomic mass is 10.1. The molecule has 0 radical (unpaired) electrons. The Balaban J connectivity index is 2.16. The van der Waals surface area contributed by atoms with E-state index in [1.54, 1.807) is 0 Å². The normalized spacial score (nSPS) is 16.1. The second-order valence-corrected chi connectivity index (χ2v) is 5.39. The molecule has 1 aromatic rings. The average molecular weight is 276 g/mol. The molecule has 2 rings (SSSR count). The highest BCUT2D eigenvalue weighted by Crippen LogP contribution is 2.38. The van der Waals surface area contributed by atoms with Crippen LogP contribution >= 0.6 is 11.3 Å². The Bertz CT molecular complexity index is 532. The number of piperidine rings is 1. The maximum atomic E-state index is 9.19. The molecule has 1 saturated heterocycles. The lowest BCUT2D eigenvalue weighted by Gasteiger charge is -2.32. The van der Waals surface area contributed by atoms with Gasteiger partial charge < -0.3 is 15.4 Å². The van der Waals surface area contributed by atoms with Gasteiger partial charge in [0, 0.05) is 19.7 Å². The third kappa shape index (κ3) is 2.65. The highest BCUT2D eigenvalue weighted by atomic mass is 32.1. The minimum atomic E-state index is 0.305. The van der Waals surface area contributed by atoms with E-state index in [9.17, 15) is 5.26 Å². The molecule has 0 bridgehead atoms. The Morgan fingerprint density at radius 2 is 2.05 bits per heavy atom. The Morgan fingerprint density at radius 1 is 1.37 bits per heavy atom. The van der Waals surface area contributed by atoms with Gasteiger partial charge in [0.05, 0.1) is 11.8 Å². The molecule has 1 aliphatic rings. The van der Waals surface area contributed by atoms with Gasteiger partial charge in [-0.05, 0) is 19.8 Å². The van der Waals surface area contributed by atoms with Crippen molar-refractivity contribution in [1.29, 1.82) is 10.5 Å². The predicted octanol–water partition coefficient (Wildman–Crippen LogP) is 2.08. The summed E-state index contributed by atoms with van der Waals surface area (Å²) in [6.07, 6.45) is 2.19. The summed E-state index contributed by atoms with van der Waals surface area (Å²) in [5, 5.41) is 19.0. The molecule has 2 N–H and O–H groups in total. The molecule has 0 atom stereocenters. The fourth-order valence-electron chi connectivity index (χ4n) is 2.31. The van der Waals surface area contributed by atoms with Crippen molar-refractivity contribution in [3.05, 3.63) is 10.4 Å². The van der Waals surface area contributed by atoms with Crippen molar-refractivity contribution in [2.45, 2.75) is 25.9 Å². The first-order valence-corrected chi connectivity index (χ1v) is 7.11. The molecule has 2 heterocycles. The molecule has 0 aliphatic carbocycles. The maximum absolute atomic E-state index is 9.19. The zero-order valence-electron chi connectivity index (χ0n) is 10.8. The average Bonchev–Trinajstić information content (AvgIpc) is 2.76. The summed E-state index contributed by atoms with van der Waals surface area (Å²) in [6, 6.07) is 4.16. The van der Waals surface area contributed by atoms with Crippen LogP contribution in [-0.2, 0) is 4.74 Å². The van der Waals surface area contributed by atoms with Gasteiger partial charge in [0.1, 0.15) is 27.6 Å². The van der Waals surface area contributed by atoms with Crippen molar-refractivity contribution in [1.82, 2.24) is 0 Å². The number of hydrogen-bond acceptors (Lipinski definition) is 6. The monoisotopic (exact) mass is 276 g/mol. The zero-order valence-corrected chi connectivity index (χ0v) is 11.7. The fourth-order valence-corrected chi connectivity index (χ4v) is 3.33. The van der Waals surface area contributed by atoms with Gasteiger partial charge >= 0.3 is 0 Å². The van der Waals surface area contributed by atoms with Crippen LogP contribution in [0.4, 0.5) is 10.7 Å². The number of nitrogens with zero attached hydrogens (tertiary/aromatic N) is 3. The largest absolute Gasteiger partial charge is 0.396 e. The van der Waals surface area contributed by atoms with Gasteiger partial charge in [0.15, 0.2) is 0 Å². The van der Waals surface area contributed by atoms with Crippen LogP contribution in [0, 0.1) is 22.7 Å². The van der Waals surface area contributed by atoms with E-state index in [2.05, 4.69) is 11.0 Å². The van der Waals surface area contributed by atoms with Crippen LogP contribution in [0.2, 0.25) is 0 Å². The first kappa shape index (κ1) is 13.7. The number of hydrogen-bond donors (Lipinski definition) is 1. The highest BCUT2D eigenvalue weighted by Gasteiger charge is 2.25. The van der Waals surface area contributed by atoms with E-state index in [1.807, 2.05) is 13.0 Å². The first-order valence-electron chi connectivity index (χ1n) is 6.30. The van der Waals surface area contributed by atoms with Gasteiger partial charge in [-0.2, -0.15) is 10.5 Å². The Kier molecular flexibility index (Phi) is 4.26. The van der Waals surface area contributed by atoms with E-state index in [4.69, 9.17) is 15.7 Å². The lowest BCUT2D eigenvalue weighted by Crippen LogP contribution is -2.37. The second-order valence-electron chi connectivity index (χ2n) is 4.39. The van der Waals surface area contributed by atoms with Crippen molar-refractivity contribution in [3.8, 4) is 12.1 Å². The molecule has 0 spiro atoms. The molecule has 5 nitrogen and oxygen atoms in total. The van der Waals surface area contributed by atoms with E-state index in [0.717, 1.165) is 37.5 Å². The molecule has 1 aromatic heterocycles. The molecular weight excluding hydrogens is 260 g/mol. The number of nitriles is 2. The summed E-state index contributed by atoms with van der Waals surface area (Å²) in [5.41, 5.74) is 6.58. The molecule has 100 valence electrons. The van der Waals surface area contributed by atoms with E-state index in [1.165, 1.54) is 11.3 Å². The molecule has 1 aliphatic heterocycles. The number of anilines is 2. The second kappa shape index (κ2) is 5.92. The van der Waals surface area contributed by atoms with Crippen LogP contribution < -0.4 is 10.6 Å². The summed E-state index contributed by atoms with van der Waals surface area (Å²) < 4.78 is 5.61. The highest BCUT2D eigenvalue weighted by molar-refractivity contribution is 7.17. The number of thiophene rings is 1. The van der Waals surface area contributed by atoms with Crippen LogP contribution in [0.15, 0.2) is 0 Å². The van der Waals surface area contributed by atoms with Gasteiger partial charge in [-0.3, -0.25) is 0 Å². The molecule has 0 aromatic carbocycles. The van der Waals surface area contributed by atoms with Gasteiger partial charge in [-0.1, -0.05) is 0 Å². The summed E-state index contributed by atoms with van der Waals surface area (Å²) in [7, 11) is 0. The third-order valence-electron chi connectivity index (χ3n) is 3.27. The van der Waals surface area contributed by atoms with Gasteiger partial charge in [-0.15, -0.1) is 11.3 Å². The summed E-state index contributed by atoms with van der Waals surface area (Å²) >= 11 is 1.31. The van der Waals surface area contributed by atoms with Crippen molar-refractivity contribution in [2.75, 3.05) is 30.3 Å². The van der Waals surface area contributed by atoms with Crippen LogP contribution in [0.3, 0.4) is 0 Å². The summed E-state index contributed by atoms with van der Waals surface area (Å²) in [6.45, 7) is 4.41. The van der Waals surface area contributed by atoms with Gasteiger partial charge in [0.25, 0.3) is 0 Å². The zero-order chi connectivity index (χ0) is 13.8. The smallest absolute Gasteiger partial charge is 0.131 e. The molecular formula is C13H16N4OS. The van der Waals surface area contributed by atoms with Gasteiger partial charge in [-0.25, -0.2) is 0 Å². The minimum absolute atomic E-state index is 0.305. The third-order valence-corrected chi connectivity index (χ3v) is 4.44. The van der Waals surface area contributed by atoms with Crippen molar-refractivity contribution in [2.24, 2.45) is 0 Å². The van der Waals surface area contributed by atoms with Crippen molar-refractivity contribution in [3.63, 3.8) is 0 Å². The predicted molar refractivity (Wildman–Crippen MR) is 75.0 cm³/mol. The Labute approximate surface area is 116 Å². The molecule has 0 amide bonds. The van der Waals surface area contributed by atoms with Crippen molar-refractivity contribution >= 4 is 22.0 Å². The Hall–Kier alpha value is -1.76. The van der Waals surface area contributed by atoms with Crippen molar-refractivity contribution < 1.29 is 4.74 Å². The van der Waals surface area contributed by atoms with Gasteiger partial charge in [0.2, 0.25) is 0 Å². The lowest BCUT2D eigenvalue weighted by molar-refractivity contribution is 0.0460. The SMILES string of the molecule is CCOC1CCN(c2sc(C#N)c(N)c2C#N)CC1. The molecule has 1 fully saturated rings. The number of nitrogen functional groups attached to an aromatic ring is 1. The molecule has 0 unspecified atom stereocenters. The van der Waals surface area contributed by atoms with Crippen LogP contribution in [-0.4, -0.2) is 25.8 Å². The van der Waals surface area contributed by atoms with Crippen LogP contribution in [0.5, 0.6) is 0 Å². The van der Waals surface area contributed by atoms with E-state index in [0.29, 0.717) is 22.2 Å². The minimum Gasteiger partial charge on any atom is -0.396 e. The molecule has 0 saturated carbocycles. The van der Waals surface area contributed by atoms with Crippen LogP contribution in [0.25, 0.3) is 0 Å². The first-order chi connectivity index (χ1) is 9.21. The maximum Gasteiger partial charge on any atom is 0.131 e. The topological polar surface area (TPSA) is 86.1 Å². The number of nitrogens with two attached hydrogens (primary N) is 1. The summed E-state index contributed by atoms with van der Waals surface area (Å²) in [4.78, 5) is 2.56. The quantitative estimate of drug-likeness (QED) is 0.913. The number of rotatable bonds is 3. The molecule has 6 heteroatoms. The summed E-state index contributed by atoms with van der Waals surface area (Å²) in [5.74, 6) is 0. The van der Waals surface area contributed by atoms with E-state index < -0.39 is 0 Å².